The van der Waals surface area contributed by atoms with Gasteiger partial charge >= 0.3 is 6.18 Å². The van der Waals surface area contributed by atoms with Crippen LogP contribution in [0.25, 0.3) is 22.2 Å². The number of nitrogens with zero attached hydrogens (tertiary/aromatic N) is 2. The molecule has 6 nitrogen and oxygen atoms in total. The van der Waals surface area contributed by atoms with Crippen LogP contribution in [0.2, 0.25) is 0 Å². The van der Waals surface area contributed by atoms with Gasteiger partial charge in [-0.15, -0.1) is 0 Å². The number of aryl methyl sites for hydroxylation is 1. The molecule has 1 aliphatic rings. The Morgan fingerprint density at radius 1 is 1.21 bits per heavy atom. The van der Waals surface area contributed by atoms with E-state index in [0.29, 0.717) is 11.1 Å². The molecule has 1 aliphatic heterocycles. The molecule has 0 spiro atoms. The molecular weight excluding hydrogens is 385 g/mol. The van der Waals surface area contributed by atoms with E-state index >= 15 is 0 Å². The molecule has 3 aromatic rings. The molecule has 2 amide bonds. The second kappa shape index (κ2) is 6.33. The average Bonchev–Trinajstić information content (AvgIpc) is 3.16. The van der Waals surface area contributed by atoms with E-state index in [1.54, 1.807) is 12.1 Å². The van der Waals surface area contributed by atoms with Crippen LogP contribution in [0, 0.1) is 6.92 Å². The van der Waals surface area contributed by atoms with Gasteiger partial charge in [0.1, 0.15) is 0 Å². The number of amides is 2. The van der Waals surface area contributed by atoms with Crippen molar-refractivity contribution >= 4 is 28.8 Å². The molecule has 0 fully saturated rings. The van der Waals surface area contributed by atoms with Crippen molar-refractivity contribution < 1.29 is 22.8 Å². The van der Waals surface area contributed by atoms with E-state index in [1.165, 1.54) is 13.0 Å². The number of hydrogen-bond acceptors (Lipinski definition) is 3. The monoisotopic (exact) mass is 402 g/mol. The maximum Gasteiger partial charge on any atom is 0.440 e. The molecule has 2 N–H and O–H groups in total. The van der Waals surface area contributed by atoms with Gasteiger partial charge in [-0.25, -0.2) is 4.98 Å². The quantitative estimate of drug-likeness (QED) is 0.701. The Bertz CT molecular complexity index is 1140. The van der Waals surface area contributed by atoms with Crippen LogP contribution in [0.4, 0.5) is 19.1 Å². The Morgan fingerprint density at radius 3 is 2.52 bits per heavy atom. The van der Waals surface area contributed by atoms with E-state index < -0.39 is 23.7 Å². The normalized spacial score (nSPS) is 18.6. The lowest BCUT2D eigenvalue weighted by atomic mass is 10.0. The number of nitrogens with one attached hydrogen (secondary N) is 2. The summed E-state index contributed by atoms with van der Waals surface area (Å²) in [5.74, 6) is -2.56. The first-order valence-corrected chi connectivity index (χ1v) is 8.97. The molecule has 0 saturated carbocycles. The summed E-state index contributed by atoms with van der Waals surface area (Å²) < 4.78 is 43.3. The smallest absolute Gasteiger partial charge is 0.317 e. The summed E-state index contributed by atoms with van der Waals surface area (Å²) in [6.07, 6.45) is -5.29. The number of benzene rings is 2. The molecule has 1 aromatic heterocycles. The van der Waals surface area contributed by atoms with Gasteiger partial charge in [0.05, 0.1) is 11.0 Å². The fourth-order valence-corrected chi connectivity index (χ4v) is 3.51. The first-order chi connectivity index (χ1) is 13.7. The van der Waals surface area contributed by atoms with Crippen molar-refractivity contribution in [1.29, 1.82) is 0 Å². The lowest BCUT2D eigenvalue weighted by Crippen LogP contribution is -2.63. The van der Waals surface area contributed by atoms with Crippen LogP contribution in [0.1, 0.15) is 18.9 Å². The Kier molecular flexibility index (Phi) is 4.14. The number of rotatable bonds is 3. The number of aromatic nitrogens is 2. The fourth-order valence-electron chi connectivity index (χ4n) is 3.51. The third-order valence-electron chi connectivity index (χ3n) is 4.99. The highest BCUT2D eigenvalue weighted by Crippen LogP contribution is 2.45. The van der Waals surface area contributed by atoms with Crippen LogP contribution in [0.5, 0.6) is 0 Å². The third-order valence-corrected chi connectivity index (χ3v) is 4.99. The number of carbonyl (C=O) groups is 2. The minimum Gasteiger partial charge on any atom is -0.317 e. The third kappa shape index (κ3) is 2.68. The molecule has 4 rings (SSSR count). The summed E-state index contributed by atoms with van der Waals surface area (Å²) in [5.41, 5.74) is -0.429. The molecule has 29 heavy (non-hydrogen) atoms. The number of hydrogen-bond donors (Lipinski definition) is 2. The molecule has 9 heteroatoms. The van der Waals surface area contributed by atoms with E-state index in [0.717, 1.165) is 15.7 Å². The Morgan fingerprint density at radius 2 is 1.90 bits per heavy atom. The molecule has 0 bridgehead atoms. The summed E-state index contributed by atoms with van der Waals surface area (Å²) >= 11 is 0. The van der Waals surface area contributed by atoms with Crippen LogP contribution < -0.4 is 10.6 Å². The highest BCUT2D eigenvalue weighted by Gasteiger charge is 2.67. The molecule has 150 valence electrons. The molecular formula is C20H17F3N4O2. The van der Waals surface area contributed by atoms with Gasteiger partial charge < -0.3 is 5.32 Å². The molecule has 1 atom stereocenters. The van der Waals surface area contributed by atoms with E-state index in [9.17, 15) is 22.8 Å². The van der Waals surface area contributed by atoms with Gasteiger partial charge in [-0.3, -0.25) is 19.5 Å². The average molecular weight is 402 g/mol. The standard InChI is InChI=1S/C20H17F3N4O2/c1-3-15(28)26-19(20(21,22)23)17(29)25-18-24-16-13(5-4-6-14(16)27(18)19)12-9-7-11(2)8-10-12/h4-10H,3H2,1-2H3,(H,26,28)(H,24,25,29). The van der Waals surface area contributed by atoms with Crippen LogP contribution >= 0.6 is 0 Å². The zero-order chi connectivity index (χ0) is 21.0. The van der Waals surface area contributed by atoms with Crippen molar-refractivity contribution in [3.63, 3.8) is 0 Å². The van der Waals surface area contributed by atoms with Crippen molar-refractivity contribution in [3.8, 4) is 11.1 Å². The summed E-state index contributed by atoms with van der Waals surface area (Å²) in [4.78, 5) is 28.6. The van der Waals surface area contributed by atoms with Gasteiger partial charge in [0.2, 0.25) is 11.9 Å². The van der Waals surface area contributed by atoms with Crippen molar-refractivity contribution in [3.05, 3.63) is 48.0 Å². The number of alkyl halides is 3. The number of anilines is 1. The van der Waals surface area contributed by atoms with Crippen molar-refractivity contribution in [2.24, 2.45) is 0 Å². The van der Waals surface area contributed by atoms with E-state index in [2.05, 4.69) is 10.3 Å². The van der Waals surface area contributed by atoms with E-state index in [1.807, 2.05) is 36.5 Å². The summed E-state index contributed by atoms with van der Waals surface area (Å²) in [6.45, 7) is 3.34. The van der Waals surface area contributed by atoms with Gasteiger partial charge in [-0.2, -0.15) is 13.2 Å². The molecule has 1 unspecified atom stereocenters. The first kappa shape index (κ1) is 19.0. The SMILES string of the molecule is CCC(=O)NC1(C(F)(F)F)C(=O)Nc2nc3c(-c4ccc(C)cc4)cccc3n21. The molecule has 0 aliphatic carbocycles. The Labute approximate surface area is 163 Å². The highest BCUT2D eigenvalue weighted by molar-refractivity contribution is 6.06. The number of imidazole rings is 1. The maximum absolute atomic E-state index is 14.2. The lowest BCUT2D eigenvalue weighted by Gasteiger charge is -2.31. The highest BCUT2D eigenvalue weighted by atomic mass is 19.4. The van der Waals surface area contributed by atoms with Gasteiger partial charge in [-0.1, -0.05) is 48.9 Å². The molecule has 2 heterocycles. The van der Waals surface area contributed by atoms with Crippen molar-refractivity contribution in [1.82, 2.24) is 14.9 Å². The number of halogens is 3. The van der Waals surface area contributed by atoms with Gasteiger partial charge in [0, 0.05) is 12.0 Å². The molecule has 2 aromatic carbocycles. The van der Waals surface area contributed by atoms with Crippen LogP contribution in [-0.2, 0) is 15.3 Å². The number of carbonyl (C=O) groups excluding carboxylic acids is 2. The summed E-state index contributed by atoms with van der Waals surface area (Å²) in [6, 6.07) is 12.3. The van der Waals surface area contributed by atoms with E-state index in [4.69, 9.17) is 0 Å². The zero-order valence-corrected chi connectivity index (χ0v) is 15.6. The lowest BCUT2D eigenvalue weighted by molar-refractivity contribution is -0.217. The van der Waals surface area contributed by atoms with Crippen molar-refractivity contribution in [2.45, 2.75) is 32.1 Å². The first-order valence-electron chi connectivity index (χ1n) is 8.97. The minimum atomic E-state index is -5.08. The predicted molar refractivity (Wildman–Crippen MR) is 101 cm³/mol. The van der Waals surface area contributed by atoms with Crippen LogP contribution in [0.3, 0.4) is 0 Å². The second-order valence-electron chi connectivity index (χ2n) is 6.87. The topological polar surface area (TPSA) is 76.0 Å². The van der Waals surface area contributed by atoms with Gasteiger partial charge in [-0.05, 0) is 18.6 Å². The largest absolute Gasteiger partial charge is 0.440 e. The summed E-state index contributed by atoms with van der Waals surface area (Å²) in [5, 5.41) is 4.06. The van der Waals surface area contributed by atoms with Crippen LogP contribution in [-0.4, -0.2) is 27.5 Å². The van der Waals surface area contributed by atoms with E-state index in [-0.39, 0.29) is 17.9 Å². The second-order valence-corrected chi connectivity index (χ2v) is 6.87. The molecule has 0 radical (unpaired) electrons. The van der Waals surface area contributed by atoms with Gasteiger partial charge in [0.15, 0.2) is 0 Å². The van der Waals surface area contributed by atoms with Crippen molar-refractivity contribution in [2.75, 3.05) is 5.32 Å². The summed E-state index contributed by atoms with van der Waals surface area (Å²) in [7, 11) is 0. The van der Waals surface area contributed by atoms with Gasteiger partial charge in [0.25, 0.3) is 11.6 Å². The zero-order valence-electron chi connectivity index (χ0n) is 15.6. The Balaban J connectivity index is 1.99. The minimum absolute atomic E-state index is 0.0881. The molecule has 0 saturated heterocycles. The predicted octanol–water partition coefficient (Wildman–Crippen LogP) is 3.71. The number of para-hydroxylation sites is 1. The maximum atomic E-state index is 14.2. The Hall–Kier alpha value is -3.36. The fraction of sp³-hybridized carbons (Fsp3) is 0.250. The van der Waals surface area contributed by atoms with Crippen LogP contribution in [0.15, 0.2) is 42.5 Å². The number of fused-ring (bicyclic) bond motifs is 3.